The largest absolute Gasteiger partial charge is 0.496 e. The lowest BCUT2D eigenvalue weighted by atomic mass is 9.84. The number of fused-ring (bicyclic) bond motifs is 2. The molecule has 1 aromatic rings. The Bertz CT molecular complexity index is 419. The fourth-order valence-electron chi connectivity index (χ4n) is 3.31. The van der Waals surface area contributed by atoms with E-state index in [2.05, 4.69) is 17.0 Å². The van der Waals surface area contributed by atoms with E-state index in [0.29, 0.717) is 6.04 Å². The van der Waals surface area contributed by atoms with Gasteiger partial charge in [-0.1, -0.05) is 18.6 Å². The second-order valence-electron chi connectivity index (χ2n) is 5.09. The lowest BCUT2D eigenvalue weighted by molar-refractivity contribution is 0.103. The maximum atomic E-state index is 6.46. The molecule has 1 fully saturated rings. The molecule has 2 atom stereocenters. The second kappa shape index (κ2) is 4.31. The summed E-state index contributed by atoms with van der Waals surface area (Å²) in [7, 11) is 1.73. The second-order valence-corrected chi connectivity index (χ2v) is 5.09. The Labute approximate surface area is 103 Å². The van der Waals surface area contributed by atoms with E-state index >= 15 is 0 Å². The SMILES string of the molecule is COc1cccc2c1C(N)C1CCCCN1C2. The minimum atomic E-state index is 0.107. The first-order valence-corrected chi connectivity index (χ1v) is 6.46. The standard InChI is InChI=1S/C14H20N2O/c1-17-12-7-4-5-10-9-16-8-3-2-6-11(16)14(15)13(10)12/h4-5,7,11,14H,2-3,6,8-9,15H2,1H3. The summed E-state index contributed by atoms with van der Waals surface area (Å²) < 4.78 is 5.46. The van der Waals surface area contributed by atoms with Gasteiger partial charge in [-0.05, 0) is 31.0 Å². The maximum absolute atomic E-state index is 6.46. The maximum Gasteiger partial charge on any atom is 0.124 e. The highest BCUT2D eigenvalue weighted by molar-refractivity contribution is 5.44. The average Bonchev–Trinajstić information content (AvgIpc) is 2.38. The van der Waals surface area contributed by atoms with Crippen molar-refractivity contribution < 1.29 is 4.74 Å². The molecule has 2 heterocycles. The summed E-state index contributed by atoms with van der Waals surface area (Å²) in [5.74, 6) is 0.959. The lowest BCUT2D eigenvalue weighted by Crippen LogP contribution is -2.48. The Morgan fingerprint density at radius 1 is 1.35 bits per heavy atom. The first-order valence-electron chi connectivity index (χ1n) is 6.46. The predicted octanol–water partition coefficient (Wildman–Crippen LogP) is 2.06. The van der Waals surface area contributed by atoms with Crippen LogP contribution in [0.25, 0.3) is 0 Å². The van der Waals surface area contributed by atoms with Gasteiger partial charge in [-0.15, -0.1) is 0 Å². The molecule has 0 aliphatic carbocycles. The number of benzene rings is 1. The van der Waals surface area contributed by atoms with Gasteiger partial charge >= 0.3 is 0 Å². The zero-order valence-electron chi connectivity index (χ0n) is 10.4. The van der Waals surface area contributed by atoms with Gasteiger partial charge in [0.1, 0.15) is 5.75 Å². The third-order valence-corrected chi connectivity index (χ3v) is 4.16. The van der Waals surface area contributed by atoms with Crippen LogP contribution in [0.1, 0.15) is 36.4 Å². The summed E-state index contributed by atoms with van der Waals surface area (Å²) >= 11 is 0. The van der Waals surface area contributed by atoms with Crippen LogP contribution in [0.2, 0.25) is 0 Å². The lowest BCUT2D eigenvalue weighted by Gasteiger charge is -2.44. The van der Waals surface area contributed by atoms with Crippen LogP contribution in [0.4, 0.5) is 0 Å². The van der Waals surface area contributed by atoms with Crippen molar-refractivity contribution in [2.45, 2.75) is 37.9 Å². The highest BCUT2D eigenvalue weighted by atomic mass is 16.5. The van der Waals surface area contributed by atoms with Crippen LogP contribution in [-0.2, 0) is 6.54 Å². The molecular formula is C14H20N2O. The van der Waals surface area contributed by atoms with E-state index in [0.717, 1.165) is 12.3 Å². The summed E-state index contributed by atoms with van der Waals surface area (Å²) in [4.78, 5) is 2.54. The van der Waals surface area contributed by atoms with Crippen molar-refractivity contribution in [3.63, 3.8) is 0 Å². The van der Waals surface area contributed by atoms with E-state index < -0.39 is 0 Å². The molecule has 1 saturated heterocycles. The van der Waals surface area contributed by atoms with E-state index in [-0.39, 0.29) is 6.04 Å². The third kappa shape index (κ3) is 1.74. The van der Waals surface area contributed by atoms with Gasteiger partial charge in [0.05, 0.1) is 7.11 Å². The van der Waals surface area contributed by atoms with Gasteiger partial charge in [0.2, 0.25) is 0 Å². The fourth-order valence-corrected chi connectivity index (χ4v) is 3.31. The summed E-state index contributed by atoms with van der Waals surface area (Å²) in [6, 6.07) is 6.89. The van der Waals surface area contributed by atoms with E-state index in [4.69, 9.17) is 10.5 Å². The van der Waals surface area contributed by atoms with Crippen LogP contribution in [0.3, 0.4) is 0 Å². The van der Waals surface area contributed by atoms with Gasteiger partial charge in [0, 0.05) is 24.2 Å². The first-order chi connectivity index (χ1) is 8.31. The topological polar surface area (TPSA) is 38.5 Å². The Kier molecular flexibility index (Phi) is 2.81. The number of ether oxygens (including phenoxy) is 1. The summed E-state index contributed by atoms with van der Waals surface area (Å²) in [5.41, 5.74) is 9.03. The van der Waals surface area contributed by atoms with E-state index in [1.807, 2.05) is 6.07 Å². The van der Waals surface area contributed by atoms with Crippen molar-refractivity contribution in [2.24, 2.45) is 5.73 Å². The third-order valence-electron chi connectivity index (χ3n) is 4.16. The molecule has 3 nitrogen and oxygen atoms in total. The van der Waals surface area contributed by atoms with Gasteiger partial charge < -0.3 is 10.5 Å². The Morgan fingerprint density at radius 2 is 2.24 bits per heavy atom. The van der Waals surface area contributed by atoms with Crippen molar-refractivity contribution in [2.75, 3.05) is 13.7 Å². The summed E-state index contributed by atoms with van der Waals surface area (Å²) in [5, 5.41) is 0. The van der Waals surface area contributed by atoms with Crippen LogP contribution in [-0.4, -0.2) is 24.6 Å². The molecule has 2 N–H and O–H groups in total. The molecule has 1 aromatic carbocycles. The molecule has 2 aliphatic rings. The molecule has 2 aliphatic heterocycles. The summed E-state index contributed by atoms with van der Waals surface area (Å²) in [6.07, 6.45) is 3.83. The van der Waals surface area contributed by atoms with Crippen LogP contribution in [0.15, 0.2) is 18.2 Å². The molecule has 0 saturated carbocycles. The van der Waals surface area contributed by atoms with Gasteiger partial charge in [-0.3, -0.25) is 4.90 Å². The molecule has 2 unspecified atom stereocenters. The van der Waals surface area contributed by atoms with Crippen molar-refractivity contribution in [1.82, 2.24) is 4.90 Å². The first kappa shape index (κ1) is 11.1. The molecule has 17 heavy (non-hydrogen) atoms. The van der Waals surface area contributed by atoms with Crippen molar-refractivity contribution in [1.29, 1.82) is 0 Å². The number of hydrogen-bond donors (Lipinski definition) is 1. The zero-order chi connectivity index (χ0) is 11.8. The molecular weight excluding hydrogens is 212 g/mol. The minimum absolute atomic E-state index is 0.107. The Morgan fingerprint density at radius 3 is 3.06 bits per heavy atom. The molecule has 92 valence electrons. The molecule has 3 heteroatoms. The smallest absolute Gasteiger partial charge is 0.124 e. The van der Waals surface area contributed by atoms with E-state index in [9.17, 15) is 0 Å². The number of nitrogens with zero attached hydrogens (tertiary/aromatic N) is 1. The van der Waals surface area contributed by atoms with Crippen LogP contribution < -0.4 is 10.5 Å². The van der Waals surface area contributed by atoms with Crippen molar-refractivity contribution in [3.8, 4) is 5.75 Å². The number of nitrogens with two attached hydrogens (primary N) is 1. The average molecular weight is 232 g/mol. The number of methoxy groups -OCH3 is 1. The van der Waals surface area contributed by atoms with E-state index in [1.54, 1.807) is 7.11 Å². The Hall–Kier alpha value is -1.06. The molecule has 0 radical (unpaired) electrons. The number of hydrogen-bond acceptors (Lipinski definition) is 3. The molecule has 0 bridgehead atoms. The summed E-state index contributed by atoms with van der Waals surface area (Å²) in [6.45, 7) is 2.22. The highest BCUT2D eigenvalue weighted by Crippen LogP contribution is 2.39. The predicted molar refractivity (Wildman–Crippen MR) is 68.0 cm³/mol. The zero-order valence-corrected chi connectivity index (χ0v) is 10.4. The molecule has 3 rings (SSSR count). The molecule has 0 aromatic heterocycles. The van der Waals surface area contributed by atoms with Gasteiger partial charge in [-0.25, -0.2) is 0 Å². The normalized spacial score (nSPS) is 28.4. The van der Waals surface area contributed by atoms with Crippen molar-refractivity contribution in [3.05, 3.63) is 29.3 Å². The highest BCUT2D eigenvalue weighted by Gasteiger charge is 2.35. The number of piperidine rings is 1. The molecule has 0 amide bonds. The van der Waals surface area contributed by atoms with Gasteiger partial charge in [-0.2, -0.15) is 0 Å². The molecule has 0 spiro atoms. The van der Waals surface area contributed by atoms with Gasteiger partial charge in [0.25, 0.3) is 0 Å². The van der Waals surface area contributed by atoms with Crippen LogP contribution in [0.5, 0.6) is 5.75 Å². The number of rotatable bonds is 1. The minimum Gasteiger partial charge on any atom is -0.496 e. The fraction of sp³-hybridized carbons (Fsp3) is 0.571. The Balaban J connectivity index is 2.03. The van der Waals surface area contributed by atoms with Gasteiger partial charge in [0.15, 0.2) is 0 Å². The van der Waals surface area contributed by atoms with Crippen molar-refractivity contribution >= 4 is 0 Å². The van der Waals surface area contributed by atoms with Crippen LogP contribution >= 0.6 is 0 Å². The van der Waals surface area contributed by atoms with Crippen LogP contribution in [0, 0.1) is 0 Å². The van der Waals surface area contributed by atoms with E-state index in [1.165, 1.54) is 36.9 Å². The monoisotopic (exact) mass is 232 g/mol. The quantitative estimate of drug-likeness (QED) is 0.805.